The van der Waals surface area contributed by atoms with E-state index >= 15 is 0 Å². The zero-order chi connectivity index (χ0) is 13.1. The highest BCUT2D eigenvalue weighted by molar-refractivity contribution is 5.20. The molecule has 0 aromatic carbocycles. The van der Waals surface area contributed by atoms with E-state index in [1.165, 1.54) is 24.9 Å². The van der Waals surface area contributed by atoms with E-state index in [1.807, 2.05) is 0 Å². The van der Waals surface area contributed by atoms with Gasteiger partial charge in [0.05, 0.1) is 6.54 Å². The molecule has 0 atom stereocenters. The highest BCUT2D eigenvalue weighted by Gasteiger charge is 2.23. The van der Waals surface area contributed by atoms with E-state index in [-0.39, 0.29) is 0 Å². The number of furan rings is 1. The number of rotatable bonds is 7. The van der Waals surface area contributed by atoms with Crippen LogP contribution < -0.4 is 5.32 Å². The summed E-state index contributed by atoms with van der Waals surface area (Å²) in [5.74, 6) is 3.09. The molecule has 0 bridgehead atoms. The van der Waals surface area contributed by atoms with Crippen LogP contribution in [0.1, 0.15) is 43.8 Å². The summed E-state index contributed by atoms with van der Waals surface area (Å²) >= 11 is 0. The molecule has 2 rings (SSSR count). The van der Waals surface area contributed by atoms with Crippen molar-refractivity contribution in [1.29, 1.82) is 0 Å². The molecule has 0 aliphatic heterocycles. The number of hydrogen-bond donors (Lipinski definition) is 1. The van der Waals surface area contributed by atoms with Crippen molar-refractivity contribution >= 4 is 0 Å². The predicted octanol–water partition coefficient (Wildman–Crippen LogP) is 2.93. The summed E-state index contributed by atoms with van der Waals surface area (Å²) in [6, 6.07) is 2.72. The lowest BCUT2D eigenvalue weighted by molar-refractivity contribution is 0.282. The molecule has 1 N–H and O–H groups in total. The van der Waals surface area contributed by atoms with Crippen molar-refractivity contribution in [3.63, 3.8) is 0 Å². The first-order chi connectivity index (χ1) is 8.54. The molecule has 0 radical (unpaired) electrons. The Balaban J connectivity index is 1.86. The SMILES string of the molecule is Cc1oc(CN(C)CC2CC2)cc1CNC(C)C. The summed E-state index contributed by atoms with van der Waals surface area (Å²) in [5, 5.41) is 3.44. The minimum absolute atomic E-state index is 0.514. The van der Waals surface area contributed by atoms with Gasteiger partial charge in [0.25, 0.3) is 0 Å². The van der Waals surface area contributed by atoms with E-state index < -0.39 is 0 Å². The lowest BCUT2D eigenvalue weighted by atomic mass is 10.2. The molecule has 3 heteroatoms. The van der Waals surface area contributed by atoms with Crippen LogP contribution in [0, 0.1) is 12.8 Å². The van der Waals surface area contributed by atoms with Crippen molar-refractivity contribution in [2.24, 2.45) is 5.92 Å². The average molecular weight is 250 g/mol. The van der Waals surface area contributed by atoms with E-state index in [0.717, 1.165) is 30.5 Å². The molecule has 1 aromatic rings. The summed E-state index contributed by atoms with van der Waals surface area (Å²) in [6.45, 7) is 9.43. The van der Waals surface area contributed by atoms with Gasteiger partial charge in [0.15, 0.2) is 0 Å². The van der Waals surface area contributed by atoms with Crippen molar-refractivity contribution in [3.05, 3.63) is 23.2 Å². The molecule has 0 saturated heterocycles. The molecule has 102 valence electrons. The first-order valence-electron chi connectivity index (χ1n) is 7.04. The lowest BCUT2D eigenvalue weighted by Crippen LogP contribution is -2.22. The topological polar surface area (TPSA) is 28.4 Å². The molecule has 0 amide bonds. The molecular weight excluding hydrogens is 224 g/mol. The van der Waals surface area contributed by atoms with Crippen LogP contribution >= 0.6 is 0 Å². The van der Waals surface area contributed by atoms with Gasteiger partial charge in [-0.3, -0.25) is 4.90 Å². The summed E-state index contributed by atoms with van der Waals surface area (Å²) in [6.07, 6.45) is 2.82. The van der Waals surface area contributed by atoms with Crippen LogP contribution in [-0.4, -0.2) is 24.5 Å². The van der Waals surface area contributed by atoms with Crippen molar-refractivity contribution in [3.8, 4) is 0 Å². The Labute approximate surface area is 111 Å². The van der Waals surface area contributed by atoms with E-state index in [2.05, 4.69) is 44.1 Å². The molecule has 1 aliphatic rings. The Hall–Kier alpha value is -0.800. The first kappa shape index (κ1) is 13.6. The molecule has 1 heterocycles. The van der Waals surface area contributed by atoms with Gasteiger partial charge in [-0.05, 0) is 38.8 Å². The third kappa shape index (κ3) is 4.14. The highest BCUT2D eigenvalue weighted by atomic mass is 16.3. The molecular formula is C15H26N2O. The Morgan fingerprint density at radius 1 is 1.44 bits per heavy atom. The van der Waals surface area contributed by atoms with Gasteiger partial charge in [-0.15, -0.1) is 0 Å². The van der Waals surface area contributed by atoms with Gasteiger partial charge in [0.2, 0.25) is 0 Å². The fourth-order valence-electron chi connectivity index (χ4n) is 2.23. The van der Waals surface area contributed by atoms with Crippen LogP contribution in [0.25, 0.3) is 0 Å². The maximum atomic E-state index is 5.84. The Morgan fingerprint density at radius 3 is 2.78 bits per heavy atom. The number of nitrogens with one attached hydrogen (secondary N) is 1. The second kappa shape index (κ2) is 5.89. The van der Waals surface area contributed by atoms with E-state index in [9.17, 15) is 0 Å². The van der Waals surface area contributed by atoms with Crippen molar-refractivity contribution in [2.75, 3.05) is 13.6 Å². The van der Waals surface area contributed by atoms with Crippen LogP contribution in [0.2, 0.25) is 0 Å². The Kier molecular flexibility index (Phi) is 4.46. The predicted molar refractivity (Wildman–Crippen MR) is 74.5 cm³/mol. The van der Waals surface area contributed by atoms with Gasteiger partial charge < -0.3 is 9.73 Å². The van der Waals surface area contributed by atoms with E-state index in [0.29, 0.717) is 6.04 Å². The number of aryl methyl sites for hydroxylation is 1. The van der Waals surface area contributed by atoms with Gasteiger partial charge in [-0.25, -0.2) is 0 Å². The van der Waals surface area contributed by atoms with Gasteiger partial charge in [-0.1, -0.05) is 13.8 Å². The number of hydrogen-bond acceptors (Lipinski definition) is 3. The van der Waals surface area contributed by atoms with Crippen LogP contribution in [0.4, 0.5) is 0 Å². The first-order valence-corrected chi connectivity index (χ1v) is 7.04. The van der Waals surface area contributed by atoms with Crippen molar-refractivity contribution < 1.29 is 4.42 Å². The minimum atomic E-state index is 0.514. The maximum absolute atomic E-state index is 5.84. The average Bonchev–Trinajstić information content (AvgIpc) is 3.00. The maximum Gasteiger partial charge on any atom is 0.118 e. The highest BCUT2D eigenvalue weighted by Crippen LogP contribution is 2.29. The summed E-state index contributed by atoms with van der Waals surface area (Å²) in [4.78, 5) is 2.37. The quantitative estimate of drug-likeness (QED) is 0.806. The molecule has 1 aliphatic carbocycles. The molecule has 3 nitrogen and oxygen atoms in total. The summed E-state index contributed by atoms with van der Waals surface area (Å²) in [5.41, 5.74) is 1.29. The van der Waals surface area contributed by atoms with Crippen molar-refractivity contribution in [1.82, 2.24) is 10.2 Å². The van der Waals surface area contributed by atoms with Gasteiger partial charge in [0, 0.05) is 24.7 Å². The largest absolute Gasteiger partial charge is 0.465 e. The zero-order valence-electron chi connectivity index (χ0n) is 12.1. The molecule has 1 aromatic heterocycles. The lowest BCUT2D eigenvalue weighted by Gasteiger charge is -2.13. The van der Waals surface area contributed by atoms with Gasteiger partial charge >= 0.3 is 0 Å². The van der Waals surface area contributed by atoms with Crippen molar-refractivity contribution in [2.45, 2.75) is 52.7 Å². The smallest absolute Gasteiger partial charge is 0.118 e. The van der Waals surface area contributed by atoms with Crippen LogP contribution in [0.15, 0.2) is 10.5 Å². The molecule has 0 unspecified atom stereocenters. The second-order valence-electron chi connectivity index (χ2n) is 5.97. The van der Waals surface area contributed by atoms with Crippen LogP contribution in [0.3, 0.4) is 0 Å². The van der Waals surface area contributed by atoms with E-state index in [4.69, 9.17) is 4.42 Å². The van der Waals surface area contributed by atoms with Gasteiger partial charge in [0.1, 0.15) is 11.5 Å². The van der Waals surface area contributed by atoms with Crippen LogP contribution in [0.5, 0.6) is 0 Å². The Bertz CT molecular complexity index is 380. The summed E-state index contributed by atoms with van der Waals surface area (Å²) in [7, 11) is 2.18. The fraction of sp³-hybridized carbons (Fsp3) is 0.733. The third-order valence-corrected chi connectivity index (χ3v) is 3.46. The molecule has 1 saturated carbocycles. The number of nitrogens with zero attached hydrogens (tertiary/aromatic N) is 1. The molecule has 0 spiro atoms. The van der Waals surface area contributed by atoms with E-state index in [1.54, 1.807) is 0 Å². The van der Waals surface area contributed by atoms with Gasteiger partial charge in [-0.2, -0.15) is 0 Å². The summed E-state index contributed by atoms with van der Waals surface area (Å²) < 4.78 is 5.84. The third-order valence-electron chi connectivity index (χ3n) is 3.46. The van der Waals surface area contributed by atoms with Crippen LogP contribution in [-0.2, 0) is 13.1 Å². The molecule has 18 heavy (non-hydrogen) atoms. The normalized spacial score (nSPS) is 15.9. The monoisotopic (exact) mass is 250 g/mol. The fourth-order valence-corrected chi connectivity index (χ4v) is 2.23. The standard InChI is InChI=1S/C15H26N2O/c1-11(2)16-8-14-7-15(18-12(14)3)10-17(4)9-13-5-6-13/h7,11,13,16H,5-6,8-10H2,1-4H3. The second-order valence-corrected chi connectivity index (χ2v) is 5.97. The zero-order valence-corrected chi connectivity index (χ0v) is 12.1. The minimum Gasteiger partial charge on any atom is -0.465 e. The molecule has 1 fully saturated rings. The Morgan fingerprint density at radius 2 is 2.17 bits per heavy atom.